The van der Waals surface area contributed by atoms with Gasteiger partial charge >= 0.3 is 0 Å². The van der Waals surface area contributed by atoms with E-state index in [0.717, 1.165) is 28.6 Å². The van der Waals surface area contributed by atoms with Gasteiger partial charge in [0, 0.05) is 5.69 Å². The molecule has 0 N–H and O–H groups in total. The van der Waals surface area contributed by atoms with Crippen LogP contribution < -0.4 is 15.4 Å². The number of aryl methyl sites for hydroxylation is 1. The van der Waals surface area contributed by atoms with E-state index in [9.17, 15) is 0 Å². The van der Waals surface area contributed by atoms with Crippen LogP contribution in [0.3, 0.4) is 0 Å². The predicted octanol–water partition coefficient (Wildman–Crippen LogP) is 4.68. The average Bonchev–Trinajstić information content (AvgIpc) is 3.07. The topological polar surface area (TPSA) is 27.1 Å². The van der Waals surface area contributed by atoms with Crippen LogP contribution in [0.25, 0.3) is 23.9 Å². The molecule has 0 bridgehead atoms. The van der Waals surface area contributed by atoms with Crippen molar-refractivity contribution < 1.29 is 4.74 Å². The second-order valence-electron chi connectivity index (χ2n) is 7.58. The zero-order valence-corrected chi connectivity index (χ0v) is 17.9. The minimum Gasteiger partial charge on any atom is -0.494 e. The zero-order valence-electron chi connectivity index (χ0n) is 17.9. The van der Waals surface area contributed by atoms with E-state index in [1.807, 2.05) is 25.4 Å². The van der Waals surface area contributed by atoms with Crippen LogP contribution >= 0.6 is 0 Å². The summed E-state index contributed by atoms with van der Waals surface area (Å²) in [5.41, 5.74) is 4.83. The quantitative estimate of drug-likeness (QED) is 0.605. The lowest BCUT2D eigenvalue weighted by Crippen LogP contribution is -2.29. The number of nitrogens with zero attached hydrogens (tertiary/aromatic N) is 2. The summed E-state index contributed by atoms with van der Waals surface area (Å²) in [5.74, 6) is 1.19. The van der Waals surface area contributed by atoms with Crippen LogP contribution in [-0.2, 0) is 6.42 Å². The van der Waals surface area contributed by atoms with Crippen LogP contribution in [0.2, 0.25) is 0 Å². The van der Waals surface area contributed by atoms with Crippen molar-refractivity contribution in [1.82, 2.24) is 9.55 Å². The summed E-state index contributed by atoms with van der Waals surface area (Å²) >= 11 is 0. The Balaban J connectivity index is 1.64. The summed E-state index contributed by atoms with van der Waals surface area (Å²) < 4.78 is 7.70. The molecule has 3 heteroatoms. The smallest absolute Gasteiger partial charge is 0.119 e. The molecule has 0 amide bonds. The third-order valence-electron chi connectivity index (χ3n) is 5.30. The number of rotatable bonds is 6. The highest BCUT2D eigenvalue weighted by molar-refractivity contribution is 5.63. The van der Waals surface area contributed by atoms with Gasteiger partial charge < -0.3 is 4.74 Å². The Morgan fingerprint density at radius 1 is 0.967 bits per heavy atom. The number of allylic oxidation sites excluding steroid dienone is 3. The van der Waals surface area contributed by atoms with E-state index in [1.54, 1.807) is 0 Å². The van der Waals surface area contributed by atoms with Crippen molar-refractivity contribution in [2.24, 2.45) is 5.92 Å². The van der Waals surface area contributed by atoms with Gasteiger partial charge in [-0.2, -0.15) is 0 Å². The summed E-state index contributed by atoms with van der Waals surface area (Å²) in [5, 5.41) is 2.11. The molecule has 1 heterocycles. The van der Waals surface area contributed by atoms with Crippen molar-refractivity contribution >= 4 is 18.2 Å². The molecule has 0 aliphatic heterocycles. The normalized spacial score (nSPS) is 15.7. The van der Waals surface area contributed by atoms with Gasteiger partial charge in [-0.3, -0.25) is 4.57 Å². The van der Waals surface area contributed by atoms with E-state index in [4.69, 9.17) is 4.74 Å². The molecule has 1 aliphatic carbocycles. The van der Waals surface area contributed by atoms with Gasteiger partial charge in [-0.05, 0) is 66.3 Å². The summed E-state index contributed by atoms with van der Waals surface area (Å²) in [6.07, 6.45) is 14.0. The Hall–Kier alpha value is -3.33. The second-order valence-corrected chi connectivity index (χ2v) is 7.58. The van der Waals surface area contributed by atoms with E-state index in [-0.39, 0.29) is 0 Å². The Morgan fingerprint density at radius 3 is 2.43 bits per heavy atom. The van der Waals surface area contributed by atoms with Crippen LogP contribution in [0.5, 0.6) is 5.75 Å². The van der Waals surface area contributed by atoms with Gasteiger partial charge in [-0.15, -0.1) is 0 Å². The summed E-state index contributed by atoms with van der Waals surface area (Å²) in [6.45, 7) is 7.06. The first kappa shape index (κ1) is 20.0. The molecular formula is C27H28N2O. The first-order chi connectivity index (χ1) is 14.7. The van der Waals surface area contributed by atoms with Crippen LogP contribution in [0.15, 0.2) is 72.6 Å². The molecular weight excluding hydrogens is 368 g/mol. The Labute approximate surface area is 178 Å². The van der Waals surface area contributed by atoms with E-state index in [1.165, 1.54) is 16.7 Å². The fraction of sp³-hybridized carbons (Fsp3) is 0.222. The highest BCUT2D eigenvalue weighted by Crippen LogP contribution is 2.16. The minimum absolute atomic E-state index is 0.308. The van der Waals surface area contributed by atoms with E-state index >= 15 is 0 Å². The Kier molecular flexibility index (Phi) is 5.99. The minimum atomic E-state index is 0.308. The van der Waals surface area contributed by atoms with Gasteiger partial charge in [-0.1, -0.05) is 62.4 Å². The molecule has 2 aromatic carbocycles. The molecule has 1 aliphatic rings. The lowest BCUT2D eigenvalue weighted by atomic mass is 10.1. The molecule has 1 atom stereocenters. The van der Waals surface area contributed by atoms with Crippen LogP contribution in [0, 0.1) is 5.92 Å². The van der Waals surface area contributed by atoms with Gasteiger partial charge in [-0.25, -0.2) is 4.98 Å². The molecule has 1 aromatic heterocycles. The molecule has 1 unspecified atom stereocenters. The third kappa shape index (κ3) is 4.46. The third-order valence-corrected chi connectivity index (χ3v) is 5.30. The van der Waals surface area contributed by atoms with Gasteiger partial charge in [0.25, 0.3) is 0 Å². The largest absolute Gasteiger partial charge is 0.494 e. The standard InChI is InChI=1S/C27H28N2O/c1-4-21-6-8-22(9-7-21)10-11-23-16-20(3)17-27-26(18-23)28-19-29(27)24-12-14-25(15-13-24)30-5-2/h6-20H,4-5H2,1-3H3/b11-10+. The number of imidazole rings is 1. The van der Waals surface area contributed by atoms with Crippen molar-refractivity contribution in [3.05, 3.63) is 94.4 Å². The summed E-state index contributed by atoms with van der Waals surface area (Å²) in [6, 6.07) is 16.9. The number of ether oxygens (including phenoxy) is 1. The first-order valence-corrected chi connectivity index (χ1v) is 10.6. The van der Waals surface area contributed by atoms with Gasteiger partial charge in [0.15, 0.2) is 0 Å². The molecule has 0 saturated carbocycles. The lowest BCUT2D eigenvalue weighted by molar-refractivity contribution is 0.340. The van der Waals surface area contributed by atoms with Crippen molar-refractivity contribution in [2.75, 3.05) is 6.61 Å². The molecule has 152 valence electrons. The van der Waals surface area contributed by atoms with Crippen LogP contribution in [-0.4, -0.2) is 16.2 Å². The maximum absolute atomic E-state index is 5.56. The monoisotopic (exact) mass is 396 g/mol. The van der Waals surface area contributed by atoms with Crippen LogP contribution in [0.4, 0.5) is 0 Å². The number of aromatic nitrogens is 2. The number of hydrogen-bond donors (Lipinski definition) is 0. The van der Waals surface area contributed by atoms with Gasteiger partial charge in [0.05, 0.1) is 17.3 Å². The van der Waals surface area contributed by atoms with Crippen molar-refractivity contribution in [2.45, 2.75) is 27.2 Å². The number of benzene rings is 2. The molecule has 0 spiro atoms. The van der Waals surface area contributed by atoms with Gasteiger partial charge in [0.2, 0.25) is 0 Å². The number of fused-ring (bicyclic) bond motifs is 1. The van der Waals surface area contributed by atoms with E-state index in [0.29, 0.717) is 12.5 Å². The molecule has 4 rings (SSSR count). The molecule has 3 nitrogen and oxygen atoms in total. The van der Waals surface area contributed by atoms with Crippen molar-refractivity contribution in [3.8, 4) is 11.4 Å². The second kappa shape index (κ2) is 9.00. The molecule has 30 heavy (non-hydrogen) atoms. The maximum Gasteiger partial charge on any atom is 0.119 e. The zero-order chi connectivity index (χ0) is 20.9. The predicted molar refractivity (Wildman–Crippen MR) is 125 cm³/mol. The fourth-order valence-electron chi connectivity index (χ4n) is 3.69. The maximum atomic E-state index is 5.56. The Morgan fingerprint density at radius 2 is 1.73 bits per heavy atom. The molecule has 0 saturated heterocycles. The SMILES string of the molecule is CCOc1ccc(-n2cnc3c2=CC(C)C=C(/C=C/c2ccc(CC)cc2)C=3)cc1. The van der Waals surface area contributed by atoms with E-state index in [2.05, 4.69) is 90.2 Å². The lowest BCUT2D eigenvalue weighted by Gasteiger charge is -2.06. The molecule has 3 aromatic rings. The summed E-state index contributed by atoms with van der Waals surface area (Å²) in [4.78, 5) is 4.68. The van der Waals surface area contributed by atoms with Gasteiger partial charge in [0.1, 0.15) is 12.1 Å². The molecule has 0 fully saturated rings. The summed E-state index contributed by atoms with van der Waals surface area (Å²) in [7, 11) is 0. The first-order valence-electron chi connectivity index (χ1n) is 10.6. The fourth-order valence-corrected chi connectivity index (χ4v) is 3.69. The average molecular weight is 397 g/mol. The molecule has 0 radical (unpaired) electrons. The highest BCUT2D eigenvalue weighted by Gasteiger charge is 2.07. The Bertz CT molecular complexity index is 1180. The highest BCUT2D eigenvalue weighted by atomic mass is 16.5. The van der Waals surface area contributed by atoms with Crippen molar-refractivity contribution in [1.29, 1.82) is 0 Å². The van der Waals surface area contributed by atoms with Crippen molar-refractivity contribution in [3.63, 3.8) is 0 Å². The van der Waals surface area contributed by atoms with E-state index < -0.39 is 0 Å². The van der Waals surface area contributed by atoms with Crippen LogP contribution in [0.1, 0.15) is 31.9 Å². The number of hydrogen-bond acceptors (Lipinski definition) is 2.